The van der Waals surface area contributed by atoms with Crippen LogP contribution in [0.1, 0.15) is 28.5 Å². The monoisotopic (exact) mass is 442 g/mol. The van der Waals surface area contributed by atoms with E-state index in [0.29, 0.717) is 24.3 Å². The minimum absolute atomic E-state index is 0.293. The Labute approximate surface area is 192 Å². The Morgan fingerprint density at radius 1 is 1.00 bits per heavy atom. The molecule has 1 aromatic heterocycles. The second-order valence-electron chi connectivity index (χ2n) is 8.01. The molecule has 6 nitrogen and oxygen atoms in total. The molecular weight excluding hydrogens is 416 g/mol. The second-order valence-corrected chi connectivity index (χ2v) is 8.01. The molecule has 33 heavy (non-hydrogen) atoms. The molecule has 0 bridgehead atoms. The molecule has 2 atom stereocenters. The van der Waals surface area contributed by atoms with Gasteiger partial charge in [0.15, 0.2) is 0 Å². The number of hydrogen-bond donors (Lipinski definition) is 3. The summed E-state index contributed by atoms with van der Waals surface area (Å²) in [6.45, 7) is 2.34. The first-order valence-corrected chi connectivity index (χ1v) is 10.8. The quantitative estimate of drug-likeness (QED) is 0.276. The van der Waals surface area contributed by atoms with E-state index in [-0.39, 0.29) is 0 Å². The van der Waals surface area contributed by atoms with Crippen LogP contribution >= 0.6 is 0 Å². The second kappa shape index (κ2) is 10.3. The first kappa shape index (κ1) is 22.5. The van der Waals surface area contributed by atoms with Crippen molar-refractivity contribution < 1.29 is 19.8 Å². The minimum Gasteiger partial charge on any atom is -0.489 e. The topological polar surface area (TPSA) is 91.7 Å². The van der Waals surface area contributed by atoms with E-state index in [4.69, 9.17) is 9.94 Å². The van der Waals surface area contributed by atoms with Crippen molar-refractivity contribution in [1.29, 1.82) is 0 Å². The van der Waals surface area contributed by atoms with Crippen molar-refractivity contribution >= 4 is 16.8 Å². The number of carbonyl (C=O) groups is 1. The summed E-state index contributed by atoms with van der Waals surface area (Å²) < 4.78 is 5.99. The third kappa shape index (κ3) is 5.37. The Morgan fingerprint density at radius 3 is 2.42 bits per heavy atom. The number of rotatable bonds is 8. The molecule has 0 aliphatic heterocycles. The highest BCUT2D eigenvalue weighted by molar-refractivity contribution is 5.82. The predicted octanol–water partition coefficient (Wildman–Crippen LogP) is 4.52. The number of nitrogens with one attached hydrogen (secondary N) is 1. The van der Waals surface area contributed by atoms with E-state index in [9.17, 15) is 9.90 Å². The Hall–Kier alpha value is -3.74. The number of aromatic nitrogens is 1. The maximum Gasteiger partial charge on any atom is 0.249 e. The summed E-state index contributed by atoms with van der Waals surface area (Å²) in [5, 5.41) is 21.1. The summed E-state index contributed by atoms with van der Waals surface area (Å²) in [4.78, 5) is 16.8. The molecule has 0 fully saturated rings. The first-order chi connectivity index (χ1) is 16.0. The largest absolute Gasteiger partial charge is 0.489 e. The Morgan fingerprint density at radius 2 is 1.70 bits per heavy atom. The number of carbonyl (C=O) groups excluding carboxylic acids is 1. The number of para-hydroxylation sites is 1. The van der Waals surface area contributed by atoms with Crippen LogP contribution in [0.15, 0.2) is 84.9 Å². The average Bonchev–Trinajstić information content (AvgIpc) is 2.86. The molecule has 0 aliphatic carbocycles. The van der Waals surface area contributed by atoms with Crippen LogP contribution in [0.3, 0.4) is 0 Å². The number of aryl methyl sites for hydroxylation is 1. The lowest BCUT2D eigenvalue weighted by molar-refractivity contribution is -0.137. The predicted molar refractivity (Wildman–Crippen MR) is 126 cm³/mol. The van der Waals surface area contributed by atoms with Crippen molar-refractivity contribution in [3.63, 3.8) is 0 Å². The zero-order chi connectivity index (χ0) is 23.2. The van der Waals surface area contributed by atoms with Gasteiger partial charge >= 0.3 is 0 Å². The van der Waals surface area contributed by atoms with E-state index in [1.807, 2.05) is 67.6 Å². The lowest BCUT2D eigenvalue weighted by atomic mass is 9.89. The Kier molecular flexibility index (Phi) is 6.98. The number of benzene rings is 3. The van der Waals surface area contributed by atoms with E-state index >= 15 is 0 Å². The Bertz CT molecular complexity index is 1230. The standard InChI is InChI=1S/C27H26N2O4/c1-18-15-21(23-9-5-6-10-25(23)28-18)17-33-22-13-11-20(12-14-22)26(30)24(27(31)29-32)16-19-7-3-2-4-8-19/h2-15,24,26,30,32H,16-17H2,1H3,(H,29,31). The third-order valence-corrected chi connectivity index (χ3v) is 5.67. The molecule has 0 spiro atoms. The molecule has 2 unspecified atom stereocenters. The van der Waals surface area contributed by atoms with Crippen LogP contribution in [0.4, 0.5) is 0 Å². The summed E-state index contributed by atoms with van der Waals surface area (Å²) in [6, 6.07) is 26.4. The van der Waals surface area contributed by atoms with Gasteiger partial charge in [0.25, 0.3) is 0 Å². The van der Waals surface area contributed by atoms with Crippen LogP contribution in [-0.2, 0) is 17.8 Å². The fourth-order valence-corrected chi connectivity index (χ4v) is 3.97. The molecule has 0 saturated heterocycles. The first-order valence-electron chi connectivity index (χ1n) is 10.8. The molecule has 1 amide bonds. The van der Waals surface area contributed by atoms with Gasteiger partial charge in [-0.1, -0.05) is 60.7 Å². The van der Waals surface area contributed by atoms with Gasteiger partial charge in [-0.2, -0.15) is 0 Å². The van der Waals surface area contributed by atoms with Crippen molar-refractivity contribution in [2.75, 3.05) is 0 Å². The van der Waals surface area contributed by atoms with Gasteiger partial charge in [0.2, 0.25) is 5.91 Å². The summed E-state index contributed by atoms with van der Waals surface area (Å²) in [6.07, 6.45) is -0.792. The molecule has 0 radical (unpaired) electrons. The van der Waals surface area contributed by atoms with Crippen LogP contribution in [0.25, 0.3) is 10.9 Å². The number of aliphatic hydroxyl groups excluding tert-OH is 1. The Balaban J connectivity index is 1.47. The van der Waals surface area contributed by atoms with Gasteiger partial charge in [0.1, 0.15) is 12.4 Å². The van der Waals surface area contributed by atoms with Gasteiger partial charge in [0, 0.05) is 16.6 Å². The van der Waals surface area contributed by atoms with Gasteiger partial charge in [-0.15, -0.1) is 0 Å². The maximum atomic E-state index is 12.2. The molecule has 0 saturated carbocycles. The fraction of sp³-hybridized carbons (Fsp3) is 0.185. The summed E-state index contributed by atoms with van der Waals surface area (Å²) >= 11 is 0. The summed E-state index contributed by atoms with van der Waals surface area (Å²) in [5.41, 5.74) is 6.04. The van der Waals surface area contributed by atoms with Crippen LogP contribution < -0.4 is 10.2 Å². The number of ether oxygens (including phenoxy) is 1. The number of amides is 1. The smallest absolute Gasteiger partial charge is 0.249 e. The van der Waals surface area contributed by atoms with Crippen molar-refractivity contribution in [2.45, 2.75) is 26.1 Å². The van der Waals surface area contributed by atoms with Gasteiger partial charge in [-0.25, -0.2) is 5.48 Å². The lowest BCUT2D eigenvalue weighted by Gasteiger charge is -2.22. The van der Waals surface area contributed by atoms with E-state index in [1.165, 1.54) is 0 Å². The van der Waals surface area contributed by atoms with Crippen molar-refractivity contribution in [3.05, 3.63) is 107 Å². The van der Waals surface area contributed by atoms with Crippen molar-refractivity contribution in [1.82, 2.24) is 10.5 Å². The minimum atomic E-state index is -1.09. The van der Waals surface area contributed by atoms with Crippen LogP contribution in [0, 0.1) is 12.8 Å². The highest BCUT2D eigenvalue weighted by Crippen LogP contribution is 2.28. The summed E-state index contributed by atoms with van der Waals surface area (Å²) in [5.74, 6) is -0.822. The van der Waals surface area contributed by atoms with Crippen LogP contribution in [-0.4, -0.2) is 21.2 Å². The molecule has 6 heteroatoms. The molecule has 4 aromatic rings. The summed E-state index contributed by atoms with van der Waals surface area (Å²) in [7, 11) is 0. The van der Waals surface area contributed by atoms with Gasteiger partial charge in [-0.05, 0) is 48.7 Å². The molecular formula is C27H26N2O4. The number of pyridine rings is 1. The highest BCUT2D eigenvalue weighted by atomic mass is 16.5. The number of fused-ring (bicyclic) bond motifs is 1. The zero-order valence-electron chi connectivity index (χ0n) is 18.3. The molecule has 3 N–H and O–H groups in total. The molecule has 1 heterocycles. The molecule has 4 rings (SSSR count). The van der Waals surface area contributed by atoms with Crippen LogP contribution in [0.2, 0.25) is 0 Å². The van der Waals surface area contributed by atoms with Gasteiger partial charge < -0.3 is 9.84 Å². The number of aliphatic hydroxyl groups is 1. The maximum absolute atomic E-state index is 12.2. The van der Waals surface area contributed by atoms with Crippen LogP contribution in [0.5, 0.6) is 5.75 Å². The molecule has 0 aliphatic rings. The van der Waals surface area contributed by atoms with Crippen molar-refractivity contribution in [3.8, 4) is 5.75 Å². The normalized spacial score (nSPS) is 12.8. The average molecular weight is 443 g/mol. The van der Waals surface area contributed by atoms with E-state index in [0.717, 1.165) is 27.7 Å². The lowest BCUT2D eigenvalue weighted by Crippen LogP contribution is -2.33. The van der Waals surface area contributed by atoms with Gasteiger partial charge in [-0.3, -0.25) is 15.0 Å². The van der Waals surface area contributed by atoms with E-state index in [2.05, 4.69) is 4.98 Å². The molecule has 168 valence electrons. The highest BCUT2D eigenvalue weighted by Gasteiger charge is 2.28. The number of hydroxylamine groups is 1. The fourth-order valence-electron chi connectivity index (χ4n) is 3.97. The van der Waals surface area contributed by atoms with Gasteiger partial charge in [0.05, 0.1) is 17.5 Å². The number of hydrogen-bond acceptors (Lipinski definition) is 5. The van der Waals surface area contributed by atoms with E-state index in [1.54, 1.807) is 29.7 Å². The molecule has 3 aromatic carbocycles. The zero-order valence-corrected chi connectivity index (χ0v) is 18.3. The third-order valence-electron chi connectivity index (χ3n) is 5.67. The SMILES string of the molecule is Cc1cc(COc2ccc(C(O)C(Cc3ccccc3)C(=O)NO)cc2)c2ccccc2n1. The van der Waals surface area contributed by atoms with E-state index < -0.39 is 17.9 Å². The number of nitrogens with zero attached hydrogens (tertiary/aromatic N) is 1. The van der Waals surface area contributed by atoms with Crippen molar-refractivity contribution in [2.24, 2.45) is 5.92 Å².